The van der Waals surface area contributed by atoms with Crippen LogP contribution < -0.4 is 10.6 Å². The maximum Gasteiger partial charge on any atom is 0.324 e. The number of anilines is 2. The van der Waals surface area contributed by atoms with Crippen molar-refractivity contribution < 1.29 is 9.59 Å². The van der Waals surface area contributed by atoms with Gasteiger partial charge in [0, 0.05) is 42.7 Å². The molecule has 0 bridgehead atoms. The fourth-order valence-corrected chi connectivity index (χ4v) is 5.02. The second-order valence-electron chi connectivity index (χ2n) is 11.7. The number of benzene rings is 2. The van der Waals surface area contributed by atoms with Gasteiger partial charge in [0.25, 0.3) is 5.91 Å². The average molecular weight is 552 g/mol. The predicted molar refractivity (Wildman–Crippen MR) is 160 cm³/mol. The number of amides is 3. The van der Waals surface area contributed by atoms with Gasteiger partial charge in [-0.15, -0.1) is 0 Å². The van der Waals surface area contributed by atoms with Crippen molar-refractivity contribution in [1.82, 2.24) is 24.6 Å². The summed E-state index contributed by atoms with van der Waals surface area (Å²) in [5.41, 5.74) is 5.03. The zero-order valence-electron chi connectivity index (χ0n) is 24.1. The summed E-state index contributed by atoms with van der Waals surface area (Å²) < 4.78 is 1.78. The number of aromatic nitrogens is 4. The van der Waals surface area contributed by atoms with E-state index in [4.69, 9.17) is 5.10 Å². The molecule has 1 aliphatic heterocycles. The molecule has 212 valence electrons. The summed E-state index contributed by atoms with van der Waals surface area (Å²) in [4.78, 5) is 35.8. The molecule has 0 aliphatic carbocycles. The number of nitrogens with zero attached hydrogens (tertiary/aromatic N) is 5. The topological polar surface area (TPSA) is 105 Å². The maximum atomic E-state index is 13.1. The number of urea groups is 1. The molecule has 9 heteroatoms. The number of carbonyl (C=O) groups is 2. The molecule has 3 amide bonds. The van der Waals surface area contributed by atoms with Crippen LogP contribution in [0.2, 0.25) is 0 Å². The van der Waals surface area contributed by atoms with Gasteiger partial charge in [0.15, 0.2) is 0 Å². The fraction of sp³-hybridized carbons (Fsp3) is 0.344. The van der Waals surface area contributed by atoms with Crippen molar-refractivity contribution in [2.75, 3.05) is 23.7 Å². The molecule has 2 N–H and O–H groups in total. The Kier molecular flexibility index (Phi) is 8.14. The molecule has 0 saturated carbocycles. The second kappa shape index (κ2) is 11.9. The average Bonchev–Trinajstić information content (AvgIpc) is 3.38. The summed E-state index contributed by atoms with van der Waals surface area (Å²) in [6.45, 7) is 9.74. The molecule has 1 aliphatic rings. The highest BCUT2D eigenvalue weighted by molar-refractivity contribution is 5.99. The van der Waals surface area contributed by atoms with Gasteiger partial charge in [-0.05, 0) is 61.9 Å². The highest BCUT2D eigenvalue weighted by Crippen LogP contribution is 2.27. The number of rotatable bonds is 6. The van der Waals surface area contributed by atoms with Crippen molar-refractivity contribution in [3.63, 3.8) is 0 Å². The van der Waals surface area contributed by atoms with Gasteiger partial charge in [-0.2, -0.15) is 5.10 Å². The number of hydrogen-bond acceptors (Lipinski definition) is 5. The number of nitrogens with one attached hydrogen (secondary N) is 2. The lowest BCUT2D eigenvalue weighted by Crippen LogP contribution is -2.39. The zero-order valence-corrected chi connectivity index (χ0v) is 24.1. The van der Waals surface area contributed by atoms with Crippen LogP contribution in [0.1, 0.15) is 60.9 Å². The lowest BCUT2D eigenvalue weighted by Gasteiger charge is -2.31. The first-order valence-electron chi connectivity index (χ1n) is 14.1. The Morgan fingerprint density at radius 1 is 0.976 bits per heavy atom. The summed E-state index contributed by atoms with van der Waals surface area (Å²) in [6, 6.07) is 17.6. The Hall–Kier alpha value is -4.53. The molecular weight excluding hydrogens is 514 g/mol. The third-order valence-corrected chi connectivity index (χ3v) is 7.39. The molecule has 41 heavy (non-hydrogen) atoms. The van der Waals surface area contributed by atoms with E-state index >= 15 is 0 Å². The Bertz CT molecular complexity index is 1500. The van der Waals surface area contributed by atoms with Crippen LogP contribution in [-0.2, 0) is 11.8 Å². The third kappa shape index (κ3) is 6.98. The lowest BCUT2D eigenvalue weighted by atomic mass is 9.90. The molecular formula is C32H37N7O2. The number of aryl methyl sites for hydroxylation is 1. The first-order valence-corrected chi connectivity index (χ1v) is 14.1. The highest BCUT2D eigenvalue weighted by atomic mass is 16.2. The van der Waals surface area contributed by atoms with Crippen LogP contribution in [0.5, 0.6) is 0 Å². The van der Waals surface area contributed by atoms with E-state index in [0.29, 0.717) is 30.5 Å². The van der Waals surface area contributed by atoms with Crippen molar-refractivity contribution in [3.05, 3.63) is 95.7 Å². The van der Waals surface area contributed by atoms with Gasteiger partial charge in [0.1, 0.15) is 11.5 Å². The van der Waals surface area contributed by atoms with Crippen LogP contribution in [0.25, 0.3) is 5.69 Å². The van der Waals surface area contributed by atoms with E-state index < -0.39 is 0 Å². The van der Waals surface area contributed by atoms with Crippen LogP contribution in [-0.4, -0.2) is 49.7 Å². The Morgan fingerprint density at radius 3 is 2.41 bits per heavy atom. The van der Waals surface area contributed by atoms with Crippen LogP contribution >= 0.6 is 0 Å². The van der Waals surface area contributed by atoms with Gasteiger partial charge in [-0.25, -0.2) is 14.5 Å². The number of likely N-dealkylation sites (tertiary alicyclic amines) is 1. The minimum atomic E-state index is -0.327. The SMILES string of the molecule is Cc1ccc(-n2nc(C(C)(C)C)cc2NC(=O)Nc2cccc(CC3CCN(C(=O)c4cnccn4)CC3)c2)cc1. The van der Waals surface area contributed by atoms with Crippen LogP contribution in [0.3, 0.4) is 0 Å². The molecule has 3 heterocycles. The first-order chi connectivity index (χ1) is 19.7. The molecule has 0 unspecified atom stereocenters. The van der Waals surface area contributed by atoms with Crippen molar-refractivity contribution in [1.29, 1.82) is 0 Å². The fourth-order valence-electron chi connectivity index (χ4n) is 5.02. The maximum absolute atomic E-state index is 13.1. The van der Waals surface area contributed by atoms with Crippen molar-refractivity contribution in [3.8, 4) is 5.69 Å². The summed E-state index contributed by atoms with van der Waals surface area (Å²) in [7, 11) is 0. The van der Waals surface area contributed by atoms with Gasteiger partial charge in [0.2, 0.25) is 0 Å². The molecule has 2 aromatic carbocycles. The molecule has 0 spiro atoms. The van der Waals surface area contributed by atoms with Crippen molar-refractivity contribution in [2.45, 2.75) is 52.4 Å². The van der Waals surface area contributed by atoms with E-state index in [0.717, 1.165) is 47.5 Å². The molecule has 2 aromatic heterocycles. The van der Waals surface area contributed by atoms with E-state index in [9.17, 15) is 9.59 Å². The monoisotopic (exact) mass is 551 g/mol. The summed E-state index contributed by atoms with van der Waals surface area (Å²) in [6.07, 6.45) is 7.36. The second-order valence-corrected chi connectivity index (χ2v) is 11.7. The Balaban J connectivity index is 1.21. The number of hydrogen-bond donors (Lipinski definition) is 2. The molecule has 0 radical (unpaired) electrons. The molecule has 1 fully saturated rings. The van der Waals surface area contributed by atoms with Crippen molar-refractivity contribution >= 4 is 23.4 Å². The van der Waals surface area contributed by atoms with E-state index in [1.807, 2.05) is 60.4 Å². The predicted octanol–water partition coefficient (Wildman–Crippen LogP) is 6.01. The van der Waals surface area contributed by atoms with Crippen LogP contribution in [0.15, 0.2) is 73.2 Å². The van der Waals surface area contributed by atoms with E-state index in [1.54, 1.807) is 17.1 Å². The van der Waals surface area contributed by atoms with Crippen LogP contribution in [0.4, 0.5) is 16.3 Å². The quantitative estimate of drug-likeness (QED) is 0.306. The largest absolute Gasteiger partial charge is 0.337 e. The third-order valence-electron chi connectivity index (χ3n) is 7.39. The first kappa shape index (κ1) is 28.0. The number of carbonyl (C=O) groups excluding carboxylic acids is 2. The van der Waals surface area contributed by atoms with Crippen LogP contribution in [0, 0.1) is 12.8 Å². The lowest BCUT2D eigenvalue weighted by molar-refractivity contribution is 0.0684. The minimum absolute atomic E-state index is 0.0629. The standard InChI is InChI=1S/C32H37N7O2/c1-22-8-10-26(11-9-22)39-29(20-28(37-39)32(2,3)4)36-31(41)35-25-7-5-6-24(19-25)18-23-12-16-38(17-13-23)30(40)27-21-33-14-15-34-27/h5-11,14-15,19-21,23H,12-13,16-18H2,1-4H3,(H2,35,36,41). The van der Waals surface area contributed by atoms with Gasteiger partial charge in [0.05, 0.1) is 17.6 Å². The Morgan fingerprint density at radius 2 is 1.73 bits per heavy atom. The summed E-state index contributed by atoms with van der Waals surface area (Å²) in [5, 5.41) is 10.8. The van der Waals surface area contributed by atoms with E-state index in [1.165, 1.54) is 6.20 Å². The summed E-state index contributed by atoms with van der Waals surface area (Å²) >= 11 is 0. The van der Waals surface area contributed by atoms with Gasteiger partial charge >= 0.3 is 6.03 Å². The molecule has 5 rings (SSSR count). The van der Waals surface area contributed by atoms with Crippen molar-refractivity contribution in [2.24, 2.45) is 5.92 Å². The molecule has 0 atom stereocenters. The van der Waals surface area contributed by atoms with Gasteiger partial charge < -0.3 is 10.2 Å². The van der Waals surface area contributed by atoms with Gasteiger partial charge in [-0.1, -0.05) is 50.6 Å². The zero-order chi connectivity index (χ0) is 29.0. The van der Waals surface area contributed by atoms with Gasteiger partial charge in [-0.3, -0.25) is 15.1 Å². The molecule has 1 saturated heterocycles. The molecule has 9 nitrogen and oxygen atoms in total. The summed E-state index contributed by atoms with van der Waals surface area (Å²) in [5.74, 6) is 1.01. The van der Waals surface area contributed by atoms with E-state index in [2.05, 4.69) is 47.4 Å². The smallest absolute Gasteiger partial charge is 0.324 e. The number of piperidine rings is 1. The molecule has 4 aromatic rings. The highest BCUT2D eigenvalue weighted by Gasteiger charge is 2.25. The normalized spacial score (nSPS) is 14.1. The van der Waals surface area contributed by atoms with E-state index in [-0.39, 0.29) is 17.4 Å². The Labute approximate surface area is 241 Å². The minimum Gasteiger partial charge on any atom is -0.337 e.